The van der Waals surface area contributed by atoms with E-state index >= 15 is 0 Å². The Labute approximate surface area is 164 Å². The molecule has 28 heavy (non-hydrogen) atoms. The lowest BCUT2D eigenvalue weighted by molar-refractivity contribution is -0.125. The molecule has 0 unspecified atom stereocenters. The predicted octanol–water partition coefficient (Wildman–Crippen LogP) is 1.23. The molecule has 8 heteroatoms. The summed E-state index contributed by atoms with van der Waals surface area (Å²) in [5.41, 5.74) is 2.28. The van der Waals surface area contributed by atoms with Crippen LogP contribution in [0.25, 0.3) is 0 Å². The zero-order chi connectivity index (χ0) is 20.1. The van der Waals surface area contributed by atoms with Crippen LogP contribution in [0.15, 0.2) is 18.7 Å². The highest BCUT2D eigenvalue weighted by atomic mass is 16.2. The van der Waals surface area contributed by atoms with E-state index in [0.717, 1.165) is 24.2 Å². The fourth-order valence-electron chi connectivity index (χ4n) is 4.14. The molecule has 8 nitrogen and oxygen atoms in total. The van der Waals surface area contributed by atoms with Crippen LogP contribution in [0.1, 0.15) is 47.4 Å². The first-order valence-electron chi connectivity index (χ1n) is 9.82. The van der Waals surface area contributed by atoms with E-state index in [9.17, 15) is 9.59 Å². The Balaban J connectivity index is 1.52. The van der Waals surface area contributed by atoms with Crippen molar-refractivity contribution >= 4 is 11.8 Å². The van der Waals surface area contributed by atoms with Crippen LogP contribution in [0.2, 0.25) is 0 Å². The second-order valence-electron chi connectivity index (χ2n) is 8.58. The minimum absolute atomic E-state index is 0.000694. The molecule has 1 N–H and O–H groups in total. The molecular weight excluding hydrogens is 356 g/mol. The zero-order valence-electron chi connectivity index (χ0n) is 17.0. The molecule has 1 aliphatic heterocycles. The zero-order valence-corrected chi connectivity index (χ0v) is 17.0. The predicted molar refractivity (Wildman–Crippen MR) is 104 cm³/mol. The molecule has 0 spiro atoms. The van der Waals surface area contributed by atoms with Crippen LogP contribution >= 0.6 is 0 Å². The third kappa shape index (κ3) is 3.31. The van der Waals surface area contributed by atoms with Crippen molar-refractivity contribution in [3.8, 4) is 0 Å². The highest BCUT2D eigenvalue weighted by Crippen LogP contribution is 2.45. The smallest absolute Gasteiger partial charge is 0.257 e. The summed E-state index contributed by atoms with van der Waals surface area (Å²) >= 11 is 0. The number of likely N-dealkylation sites (tertiary alicyclic amines) is 1. The maximum atomic E-state index is 13.1. The van der Waals surface area contributed by atoms with Crippen molar-refractivity contribution in [2.75, 3.05) is 19.6 Å². The third-order valence-corrected chi connectivity index (χ3v) is 6.28. The number of aryl methyl sites for hydroxylation is 3. The molecule has 0 bridgehead atoms. The number of nitrogens with one attached hydrogen (secondary N) is 1. The number of amides is 2. The summed E-state index contributed by atoms with van der Waals surface area (Å²) in [5, 5.41) is 7.43. The number of carbonyl (C=O) groups is 2. The number of carbonyl (C=O) groups excluding carboxylic acids is 2. The Morgan fingerprint density at radius 3 is 2.61 bits per heavy atom. The summed E-state index contributed by atoms with van der Waals surface area (Å²) in [6.07, 6.45) is 7.34. The highest BCUT2D eigenvalue weighted by Gasteiger charge is 2.45. The van der Waals surface area contributed by atoms with E-state index in [1.807, 2.05) is 43.6 Å². The lowest BCUT2D eigenvalue weighted by Crippen LogP contribution is -2.37. The molecule has 2 atom stereocenters. The van der Waals surface area contributed by atoms with Gasteiger partial charge in [-0.2, -0.15) is 5.10 Å². The van der Waals surface area contributed by atoms with Gasteiger partial charge in [0.1, 0.15) is 0 Å². The van der Waals surface area contributed by atoms with E-state index in [1.165, 1.54) is 0 Å². The Bertz CT molecular complexity index is 910. The molecule has 3 heterocycles. The molecule has 150 valence electrons. The Hall–Kier alpha value is -2.64. The average molecular weight is 384 g/mol. The average Bonchev–Trinajstić information content (AvgIpc) is 2.98. The van der Waals surface area contributed by atoms with E-state index in [1.54, 1.807) is 17.2 Å². The topological polar surface area (TPSA) is 85.1 Å². The van der Waals surface area contributed by atoms with Gasteiger partial charge in [-0.3, -0.25) is 14.3 Å². The Morgan fingerprint density at radius 1 is 1.29 bits per heavy atom. The first kappa shape index (κ1) is 18.7. The molecule has 0 aromatic carbocycles. The fraction of sp³-hybridized carbons (Fsp3) is 0.600. The second-order valence-corrected chi connectivity index (χ2v) is 8.58. The van der Waals surface area contributed by atoms with E-state index < -0.39 is 0 Å². The molecule has 1 aliphatic carbocycles. The van der Waals surface area contributed by atoms with Crippen molar-refractivity contribution in [1.29, 1.82) is 0 Å². The van der Waals surface area contributed by atoms with Gasteiger partial charge in [0.15, 0.2) is 0 Å². The Morgan fingerprint density at radius 2 is 2.04 bits per heavy atom. The first-order valence-corrected chi connectivity index (χ1v) is 9.82. The summed E-state index contributed by atoms with van der Waals surface area (Å²) < 4.78 is 3.68. The van der Waals surface area contributed by atoms with Crippen molar-refractivity contribution < 1.29 is 9.59 Å². The van der Waals surface area contributed by atoms with E-state index in [-0.39, 0.29) is 29.1 Å². The van der Waals surface area contributed by atoms with Crippen molar-refractivity contribution in [2.45, 2.75) is 32.6 Å². The van der Waals surface area contributed by atoms with Crippen LogP contribution in [-0.4, -0.2) is 55.7 Å². The summed E-state index contributed by atoms with van der Waals surface area (Å²) in [4.78, 5) is 31.6. The van der Waals surface area contributed by atoms with E-state index in [4.69, 9.17) is 0 Å². The molecule has 2 amide bonds. The van der Waals surface area contributed by atoms with Gasteiger partial charge >= 0.3 is 0 Å². The van der Waals surface area contributed by atoms with Gasteiger partial charge < -0.3 is 14.8 Å². The van der Waals surface area contributed by atoms with Gasteiger partial charge in [0.05, 0.1) is 17.6 Å². The molecule has 2 fully saturated rings. The van der Waals surface area contributed by atoms with Crippen molar-refractivity contribution in [3.05, 3.63) is 35.7 Å². The van der Waals surface area contributed by atoms with Crippen LogP contribution in [-0.2, 0) is 18.9 Å². The van der Waals surface area contributed by atoms with Gasteiger partial charge in [-0.25, -0.2) is 4.98 Å². The van der Waals surface area contributed by atoms with Crippen molar-refractivity contribution in [1.82, 2.24) is 29.5 Å². The molecule has 2 aromatic heterocycles. The van der Waals surface area contributed by atoms with Gasteiger partial charge in [0.25, 0.3) is 5.91 Å². The normalized spacial score (nSPS) is 23.1. The summed E-state index contributed by atoms with van der Waals surface area (Å²) in [5.74, 6) is 0.424. The lowest BCUT2D eigenvalue weighted by atomic mass is 9.92. The highest BCUT2D eigenvalue weighted by molar-refractivity contribution is 5.95. The molecule has 4 rings (SSSR count). The Kier molecular flexibility index (Phi) is 4.51. The molecule has 2 aliphatic rings. The maximum Gasteiger partial charge on any atom is 0.257 e. The molecular formula is C20H28N6O2. The molecule has 1 saturated heterocycles. The van der Waals surface area contributed by atoms with Gasteiger partial charge in [-0.15, -0.1) is 0 Å². The summed E-state index contributed by atoms with van der Waals surface area (Å²) in [7, 11) is 3.79. The SMILES string of the molecule is Cc1nn(C)cc1C(=O)N1C[C@@H](CNC(=O)C2(C)CC2)[C@H](c2cncn2C)C1. The van der Waals surface area contributed by atoms with Crippen LogP contribution in [0.4, 0.5) is 0 Å². The van der Waals surface area contributed by atoms with Gasteiger partial charge in [0, 0.05) is 69.1 Å². The number of nitrogens with zero attached hydrogens (tertiary/aromatic N) is 5. The molecule has 0 radical (unpaired) electrons. The summed E-state index contributed by atoms with van der Waals surface area (Å²) in [6, 6.07) is 0. The maximum absolute atomic E-state index is 13.1. The van der Waals surface area contributed by atoms with Gasteiger partial charge in [0.2, 0.25) is 5.91 Å². The minimum Gasteiger partial charge on any atom is -0.355 e. The van der Waals surface area contributed by atoms with E-state index in [0.29, 0.717) is 25.2 Å². The van der Waals surface area contributed by atoms with Crippen molar-refractivity contribution in [3.63, 3.8) is 0 Å². The lowest BCUT2D eigenvalue weighted by Gasteiger charge is -2.20. The van der Waals surface area contributed by atoms with Gasteiger partial charge in [-0.05, 0) is 19.8 Å². The van der Waals surface area contributed by atoms with Gasteiger partial charge in [-0.1, -0.05) is 6.92 Å². The van der Waals surface area contributed by atoms with Crippen molar-refractivity contribution in [2.24, 2.45) is 25.4 Å². The van der Waals surface area contributed by atoms with E-state index in [2.05, 4.69) is 15.4 Å². The quantitative estimate of drug-likeness (QED) is 0.840. The second kappa shape index (κ2) is 6.76. The van der Waals surface area contributed by atoms with Crippen LogP contribution in [0, 0.1) is 18.3 Å². The number of imidazole rings is 1. The number of hydrogen-bond acceptors (Lipinski definition) is 4. The fourth-order valence-corrected chi connectivity index (χ4v) is 4.14. The molecule has 2 aromatic rings. The molecule has 1 saturated carbocycles. The summed E-state index contributed by atoms with van der Waals surface area (Å²) in [6.45, 7) is 5.66. The monoisotopic (exact) mass is 384 g/mol. The standard InChI is InChI=1S/C20H28N6O2/c1-13-15(10-25(4)23-13)18(27)26-9-14(7-22-19(28)20(2)5-6-20)16(11-26)17-8-21-12-24(17)3/h8,10,12,14,16H,5-7,9,11H2,1-4H3,(H,22,28)/t14-,16-/m1/s1. The van der Waals surface area contributed by atoms with Crippen LogP contribution in [0.5, 0.6) is 0 Å². The largest absolute Gasteiger partial charge is 0.355 e. The minimum atomic E-state index is -0.192. The van der Waals surface area contributed by atoms with Crippen LogP contribution in [0.3, 0.4) is 0 Å². The number of hydrogen-bond donors (Lipinski definition) is 1. The number of aromatic nitrogens is 4. The first-order chi connectivity index (χ1) is 13.3. The van der Waals surface area contributed by atoms with Crippen LogP contribution < -0.4 is 5.32 Å². The number of rotatable bonds is 5. The third-order valence-electron chi connectivity index (χ3n) is 6.28.